The number of imidazole rings is 1. The molecule has 0 spiro atoms. The minimum atomic E-state index is 1.04. The fraction of sp³-hybridized carbons (Fsp3) is 0.522. The maximum Gasteiger partial charge on any atom is 0.0921 e. The molecule has 0 aliphatic rings. The molecule has 0 saturated heterocycles. The van der Waals surface area contributed by atoms with Crippen LogP contribution < -0.4 is 0 Å². The quantitative estimate of drug-likeness (QED) is 0.268. The second-order valence-electron chi connectivity index (χ2n) is 6.41. The van der Waals surface area contributed by atoms with Crippen LogP contribution in [0.4, 0.5) is 0 Å². The second kappa shape index (κ2) is 17.0. The van der Waals surface area contributed by atoms with Gasteiger partial charge in [0.1, 0.15) is 0 Å². The molecule has 0 unspecified atom stereocenters. The number of hydrogen-bond donors (Lipinski definition) is 1. The van der Waals surface area contributed by atoms with E-state index in [1.807, 2.05) is 6.20 Å². The van der Waals surface area contributed by atoms with Gasteiger partial charge in [-0.05, 0) is 57.8 Å². The highest BCUT2D eigenvalue weighted by atomic mass is 14.9. The van der Waals surface area contributed by atoms with E-state index in [1.54, 1.807) is 6.33 Å². The van der Waals surface area contributed by atoms with E-state index in [0.29, 0.717) is 0 Å². The van der Waals surface area contributed by atoms with Crippen molar-refractivity contribution in [3.8, 4) is 0 Å². The van der Waals surface area contributed by atoms with E-state index in [1.165, 1.54) is 50.6 Å². The van der Waals surface area contributed by atoms with Gasteiger partial charge in [0.2, 0.25) is 0 Å². The van der Waals surface area contributed by atoms with Crippen molar-refractivity contribution in [2.45, 2.75) is 77.6 Å². The number of aromatic amines is 1. The van der Waals surface area contributed by atoms with Crippen LogP contribution in [0, 0.1) is 0 Å². The number of nitrogens with one attached hydrogen (secondary N) is 1. The summed E-state index contributed by atoms with van der Waals surface area (Å²) in [5.74, 6) is 0. The summed E-state index contributed by atoms with van der Waals surface area (Å²) in [5, 5.41) is 0. The summed E-state index contributed by atoms with van der Waals surface area (Å²) in [6.07, 6.45) is 35.0. The largest absolute Gasteiger partial charge is 0.348 e. The molecule has 1 heterocycles. The zero-order valence-corrected chi connectivity index (χ0v) is 16.0. The Morgan fingerprint density at radius 2 is 1.32 bits per heavy atom. The molecular weight excluding hydrogens is 304 g/mol. The van der Waals surface area contributed by atoms with Crippen molar-refractivity contribution in [2.75, 3.05) is 0 Å². The van der Waals surface area contributed by atoms with Crippen LogP contribution >= 0.6 is 0 Å². The van der Waals surface area contributed by atoms with Gasteiger partial charge in [-0.1, -0.05) is 68.4 Å². The molecule has 0 aliphatic heterocycles. The minimum absolute atomic E-state index is 1.04. The van der Waals surface area contributed by atoms with Crippen molar-refractivity contribution in [3.05, 3.63) is 66.8 Å². The van der Waals surface area contributed by atoms with Gasteiger partial charge < -0.3 is 4.98 Å². The number of unbranched alkanes of at least 4 members (excludes halogenated alkanes) is 5. The van der Waals surface area contributed by atoms with Gasteiger partial charge in [-0.15, -0.1) is 0 Å². The van der Waals surface area contributed by atoms with E-state index in [2.05, 4.69) is 65.5 Å². The van der Waals surface area contributed by atoms with E-state index in [0.717, 1.165) is 25.7 Å². The van der Waals surface area contributed by atoms with Crippen LogP contribution in [-0.4, -0.2) is 9.97 Å². The van der Waals surface area contributed by atoms with Gasteiger partial charge in [0.05, 0.1) is 6.33 Å². The van der Waals surface area contributed by atoms with Crippen LogP contribution in [0.2, 0.25) is 0 Å². The Kier molecular flexibility index (Phi) is 14.4. The normalized spacial score (nSPS) is 12.5. The molecule has 1 rings (SSSR count). The van der Waals surface area contributed by atoms with Crippen LogP contribution in [0.5, 0.6) is 0 Å². The van der Waals surface area contributed by atoms with Crippen molar-refractivity contribution in [3.63, 3.8) is 0 Å². The molecule has 0 aromatic carbocycles. The van der Waals surface area contributed by atoms with Crippen molar-refractivity contribution in [2.24, 2.45) is 0 Å². The number of aryl methyl sites for hydroxylation is 1. The zero-order valence-electron chi connectivity index (χ0n) is 16.0. The zero-order chi connectivity index (χ0) is 17.8. The van der Waals surface area contributed by atoms with E-state index in [9.17, 15) is 0 Å². The number of H-pyrrole nitrogens is 1. The molecule has 2 nitrogen and oxygen atoms in total. The standard InChI is InChI=1S/C23H36N2/c1-2-3-4-5-6-7-8-9-10-11-12-13-14-15-16-17-18-19-20-23-21-24-22-25-23/h6-7,9-10,12-13,15-16,21-22H,2-5,8,11,14,17-20H2,1H3,(H,24,25)/b7-6-,10-9-,13-12-,16-15-. The van der Waals surface area contributed by atoms with Gasteiger partial charge in [-0.3, -0.25) is 0 Å². The van der Waals surface area contributed by atoms with Crippen LogP contribution in [0.15, 0.2) is 61.1 Å². The first kappa shape index (κ1) is 21.2. The average molecular weight is 341 g/mol. The number of rotatable bonds is 15. The first-order valence-corrected chi connectivity index (χ1v) is 10.0. The van der Waals surface area contributed by atoms with Crippen molar-refractivity contribution < 1.29 is 0 Å². The second-order valence-corrected chi connectivity index (χ2v) is 6.41. The maximum absolute atomic E-state index is 4.04. The Hall–Kier alpha value is -1.83. The molecule has 1 N–H and O–H groups in total. The molecule has 0 radical (unpaired) electrons. The number of nitrogens with zero attached hydrogens (tertiary/aromatic N) is 1. The van der Waals surface area contributed by atoms with Crippen molar-refractivity contribution >= 4 is 0 Å². The first-order valence-electron chi connectivity index (χ1n) is 10.0. The van der Waals surface area contributed by atoms with Crippen LogP contribution in [0.3, 0.4) is 0 Å². The van der Waals surface area contributed by atoms with E-state index >= 15 is 0 Å². The van der Waals surface area contributed by atoms with Gasteiger partial charge in [-0.25, -0.2) is 4.98 Å². The molecule has 138 valence electrons. The Morgan fingerprint density at radius 1 is 0.760 bits per heavy atom. The molecule has 0 atom stereocenters. The summed E-state index contributed by atoms with van der Waals surface area (Å²) >= 11 is 0. The third-order valence-electron chi connectivity index (χ3n) is 4.08. The molecule has 0 amide bonds. The third-order valence-corrected chi connectivity index (χ3v) is 4.08. The van der Waals surface area contributed by atoms with Gasteiger partial charge in [0, 0.05) is 11.9 Å². The fourth-order valence-corrected chi connectivity index (χ4v) is 2.56. The lowest BCUT2D eigenvalue weighted by atomic mass is 10.1. The highest BCUT2D eigenvalue weighted by molar-refractivity contribution is 4.99. The third kappa shape index (κ3) is 14.2. The Labute approximate surface area is 154 Å². The minimum Gasteiger partial charge on any atom is -0.348 e. The van der Waals surface area contributed by atoms with Gasteiger partial charge in [0.25, 0.3) is 0 Å². The summed E-state index contributed by atoms with van der Waals surface area (Å²) in [5.41, 5.74) is 1.24. The maximum atomic E-state index is 4.04. The highest BCUT2D eigenvalue weighted by Crippen LogP contribution is 2.04. The monoisotopic (exact) mass is 340 g/mol. The van der Waals surface area contributed by atoms with Crippen molar-refractivity contribution in [1.29, 1.82) is 0 Å². The summed E-state index contributed by atoms with van der Waals surface area (Å²) in [6, 6.07) is 0. The molecule has 0 bridgehead atoms. The predicted octanol–water partition coefficient (Wildman–Crippen LogP) is 7.10. The molecule has 1 aromatic rings. The van der Waals surface area contributed by atoms with Crippen LogP contribution in [0.1, 0.15) is 76.8 Å². The van der Waals surface area contributed by atoms with Crippen molar-refractivity contribution in [1.82, 2.24) is 9.97 Å². The van der Waals surface area contributed by atoms with Crippen LogP contribution in [-0.2, 0) is 6.42 Å². The molecule has 25 heavy (non-hydrogen) atoms. The highest BCUT2D eigenvalue weighted by Gasteiger charge is 1.92. The lowest BCUT2D eigenvalue weighted by molar-refractivity contribution is 0.728. The van der Waals surface area contributed by atoms with E-state index in [-0.39, 0.29) is 0 Å². The number of allylic oxidation sites excluding steroid dienone is 8. The first-order chi connectivity index (χ1) is 12.4. The van der Waals surface area contributed by atoms with E-state index < -0.39 is 0 Å². The number of aromatic nitrogens is 2. The Balaban J connectivity index is 1.87. The molecule has 0 fully saturated rings. The van der Waals surface area contributed by atoms with Gasteiger partial charge in [-0.2, -0.15) is 0 Å². The fourth-order valence-electron chi connectivity index (χ4n) is 2.56. The molecule has 2 heteroatoms. The van der Waals surface area contributed by atoms with Gasteiger partial charge in [0.15, 0.2) is 0 Å². The Morgan fingerprint density at radius 3 is 1.84 bits per heavy atom. The molecule has 0 saturated carbocycles. The number of hydrogen-bond acceptors (Lipinski definition) is 1. The topological polar surface area (TPSA) is 28.7 Å². The van der Waals surface area contributed by atoms with E-state index in [4.69, 9.17) is 0 Å². The summed E-state index contributed by atoms with van der Waals surface area (Å²) in [7, 11) is 0. The summed E-state index contributed by atoms with van der Waals surface area (Å²) in [6.45, 7) is 2.25. The summed E-state index contributed by atoms with van der Waals surface area (Å²) < 4.78 is 0. The Bertz CT molecular complexity index is 492. The molecule has 0 aliphatic carbocycles. The SMILES string of the molecule is CCCCC/C=C\C/C=C\C/C=C\C/C=C\CCCCc1cnc[nH]1. The summed E-state index contributed by atoms with van der Waals surface area (Å²) in [4.78, 5) is 7.18. The lowest BCUT2D eigenvalue weighted by Gasteiger charge is -1.95. The van der Waals surface area contributed by atoms with Crippen LogP contribution in [0.25, 0.3) is 0 Å². The average Bonchev–Trinajstić information content (AvgIpc) is 3.14. The lowest BCUT2D eigenvalue weighted by Crippen LogP contribution is -1.84. The molecule has 1 aromatic heterocycles. The smallest absolute Gasteiger partial charge is 0.0921 e. The predicted molar refractivity (Wildman–Crippen MR) is 111 cm³/mol. The molecular formula is C23H36N2. The van der Waals surface area contributed by atoms with Gasteiger partial charge >= 0.3 is 0 Å².